The second kappa shape index (κ2) is 5.25. The van der Waals surface area contributed by atoms with Crippen molar-refractivity contribution in [2.24, 2.45) is 0 Å². The first-order valence-electron chi connectivity index (χ1n) is 5.03. The van der Waals surface area contributed by atoms with E-state index in [0.717, 1.165) is 18.9 Å². The lowest BCUT2D eigenvalue weighted by Gasteiger charge is -2.37. The zero-order valence-corrected chi connectivity index (χ0v) is 10.1. The normalized spacial score (nSPS) is 31.5. The van der Waals surface area contributed by atoms with Crippen molar-refractivity contribution < 1.29 is 4.74 Å². The Kier molecular flexibility index (Phi) is 4.62. The molecule has 3 heteroatoms. The number of hydrogen-bond acceptors (Lipinski definition) is 1. The van der Waals surface area contributed by atoms with Gasteiger partial charge >= 0.3 is 0 Å². The predicted molar refractivity (Wildman–Crippen MR) is 56.9 cm³/mol. The Morgan fingerprint density at radius 2 is 2.33 bits per heavy atom. The fourth-order valence-corrected chi connectivity index (χ4v) is 4.75. The standard InChI is InChI=1S/C9H19ClOSi/c1-2-12-9(6-7-10)5-3-4-8-11-9/h2-8,12H2,1H3. The first kappa shape index (κ1) is 10.5. The molecule has 1 aliphatic rings. The summed E-state index contributed by atoms with van der Waals surface area (Å²) >= 11 is 5.80. The van der Waals surface area contributed by atoms with Gasteiger partial charge in [0.25, 0.3) is 0 Å². The second-order valence-corrected chi connectivity index (χ2v) is 6.84. The van der Waals surface area contributed by atoms with Crippen molar-refractivity contribution in [3.05, 3.63) is 0 Å². The zero-order chi connectivity index (χ0) is 8.86. The summed E-state index contributed by atoms with van der Waals surface area (Å²) in [4.78, 5) is 0. The van der Waals surface area contributed by atoms with Gasteiger partial charge < -0.3 is 4.74 Å². The van der Waals surface area contributed by atoms with Gasteiger partial charge in [0.15, 0.2) is 0 Å². The average Bonchev–Trinajstić information content (AvgIpc) is 2.07. The molecule has 1 nitrogen and oxygen atoms in total. The van der Waals surface area contributed by atoms with Crippen LogP contribution in [0, 0.1) is 0 Å². The van der Waals surface area contributed by atoms with E-state index in [4.69, 9.17) is 16.3 Å². The molecule has 1 aliphatic heterocycles. The highest BCUT2D eigenvalue weighted by atomic mass is 35.5. The maximum Gasteiger partial charge on any atom is 0.0593 e. The van der Waals surface area contributed by atoms with Crippen LogP contribution in [0.15, 0.2) is 0 Å². The van der Waals surface area contributed by atoms with Crippen LogP contribution in [0.5, 0.6) is 0 Å². The zero-order valence-electron chi connectivity index (χ0n) is 7.94. The highest BCUT2D eigenvalue weighted by Crippen LogP contribution is 2.28. The molecule has 1 fully saturated rings. The Morgan fingerprint density at radius 1 is 1.50 bits per heavy atom. The van der Waals surface area contributed by atoms with Gasteiger partial charge in [-0.15, -0.1) is 11.6 Å². The van der Waals surface area contributed by atoms with Crippen LogP contribution in [0.25, 0.3) is 0 Å². The van der Waals surface area contributed by atoms with Gasteiger partial charge in [-0.05, 0) is 25.7 Å². The molecule has 0 N–H and O–H groups in total. The average molecular weight is 207 g/mol. The van der Waals surface area contributed by atoms with E-state index in [1.54, 1.807) is 0 Å². The molecule has 0 aromatic rings. The molecule has 0 aromatic carbocycles. The molecule has 1 atom stereocenters. The van der Waals surface area contributed by atoms with Crippen molar-refractivity contribution in [2.45, 2.75) is 43.9 Å². The fourth-order valence-electron chi connectivity index (χ4n) is 2.06. The van der Waals surface area contributed by atoms with Crippen LogP contribution >= 0.6 is 11.6 Å². The van der Waals surface area contributed by atoms with Gasteiger partial charge in [-0.25, -0.2) is 0 Å². The van der Waals surface area contributed by atoms with Crippen molar-refractivity contribution >= 4 is 21.1 Å². The van der Waals surface area contributed by atoms with E-state index >= 15 is 0 Å². The molecule has 12 heavy (non-hydrogen) atoms. The molecule has 72 valence electrons. The van der Waals surface area contributed by atoms with E-state index in [2.05, 4.69) is 6.92 Å². The molecule has 0 saturated carbocycles. The highest BCUT2D eigenvalue weighted by Gasteiger charge is 2.31. The lowest BCUT2D eigenvalue weighted by molar-refractivity contribution is -0.0218. The van der Waals surface area contributed by atoms with Crippen LogP contribution in [-0.4, -0.2) is 27.2 Å². The Hall–Kier alpha value is 0.467. The summed E-state index contributed by atoms with van der Waals surface area (Å²) in [6.07, 6.45) is 4.97. The second-order valence-electron chi connectivity index (χ2n) is 3.68. The molecule has 1 heterocycles. The summed E-state index contributed by atoms with van der Waals surface area (Å²) < 4.78 is 5.92. The van der Waals surface area contributed by atoms with Crippen molar-refractivity contribution in [3.8, 4) is 0 Å². The molecule has 0 aromatic heterocycles. The molecule has 1 saturated heterocycles. The van der Waals surface area contributed by atoms with Crippen molar-refractivity contribution in [1.29, 1.82) is 0 Å². The van der Waals surface area contributed by atoms with Crippen molar-refractivity contribution in [2.75, 3.05) is 12.5 Å². The number of halogens is 1. The summed E-state index contributed by atoms with van der Waals surface area (Å²) in [5.41, 5.74) is 0. The molecule has 1 rings (SSSR count). The molecule has 0 bridgehead atoms. The van der Waals surface area contributed by atoms with Crippen LogP contribution < -0.4 is 0 Å². The van der Waals surface area contributed by atoms with E-state index in [9.17, 15) is 0 Å². The molecule has 0 amide bonds. The van der Waals surface area contributed by atoms with Crippen molar-refractivity contribution in [3.63, 3.8) is 0 Å². The maximum atomic E-state index is 5.92. The Bertz CT molecular complexity index is 108. The number of hydrogen-bond donors (Lipinski definition) is 0. The van der Waals surface area contributed by atoms with Gasteiger partial charge in [0.1, 0.15) is 0 Å². The molecular formula is C9H19ClOSi. The third-order valence-electron chi connectivity index (χ3n) is 2.69. The quantitative estimate of drug-likeness (QED) is 0.506. The number of alkyl halides is 1. The lowest BCUT2D eigenvalue weighted by atomic mass is 10.1. The van der Waals surface area contributed by atoms with E-state index in [-0.39, 0.29) is 14.7 Å². The smallest absolute Gasteiger partial charge is 0.0593 e. The number of ether oxygens (including phenoxy) is 1. The summed E-state index contributed by atoms with van der Waals surface area (Å²) in [7, 11) is -0.0486. The van der Waals surface area contributed by atoms with Crippen LogP contribution in [0.2, 0.25) is 6.04 Å². The highest BCUT2D eigenvalue weighted by molar-refractivity contribution is 6.39. The largest absolute Gasteiger partial charge is 0.379 e. The first-order chi connectivity index (χ1) is 5.83. The summed E-state index contributed by atoms with van der Waals surface area (Å²) in [5.74, 6) is 0.771. The van der Waals surface area contributed by atoms with E-state index in [1.165, 1.54) is 25.3 Å². The van der Waals surface area contributed by atoms with Crippen LogP contribution in [0.3, 0.4) is 0 Å². The summed E-state index contributed by atoms with van der Waals surface area (Å²) in [6.45, 7) is 3.25. The Balaban J connectivity index is 2.44. The van der Waals surface area contributed by atoms with Gasteiger partial charge in [-0.3, -0.25) is 0 Å². The number of rotatable bonds is 4. The van der Waals surface area contributed by atoms with Gasteiger partial charge in [-0.2, -0.15) is 0 Å². The summed E-state index contributed by atoms with van der Waals surface area (Å²) in [6, 6.07) is 1.34. The van der Waals surface area contributed by atoms with Crippen LogP contribution in [0.4, 0.5) is 0 Å². The summed E-state index contributed by atoms with van der Waals surface area (Å²) in [5, 5.41) is 0.286. The topological polar surface area (TPSA) is 9.23 Å². The van der Waals surface area contributed by atoms with Gasteiger partial charge in [-0.1, -0.05) is 13.0 Å². The van der Waals surface area contributed by atoms with E-state index in [0.29, 0.717) is 0 Å². The van der Waals surface area contributed by atoms with E-state index in [1.807, 2.05) is 0 Å². The molecule has 0 radical (unpaired) electrons. The molecule has 0 aliphatic carbocycles. The molecule has 0 spiro atoms. The third kappa shape index (κ3) is 2.75. The molecule has 1 unspecified atom stereocenters. The Labute approximate surface area is 82.6 Å². The lowest BCUT2D eigenvalue weighted by Crippen LogP contribution is -2.42. The minimum Gasteiger partial charge on any atom is -0.379 e. The first-order valence-corrected chi connectivity index (χ1v) is 7.27. The SMILES string of the molecule is CC[SiH2]C1(CCCl)CCCCO1. The van der Waals surface area contributed by atoms with E-state index < -0.39 is 0 Å². The Morgan fingerprint density at radius 3 is 2.83 bits per heavy atom. The monoisotopic (exact) mass is 206 g/mol. The fraction of sp³-hybridized carbons (Fsp3) is 1.00. The predicted octanol–water partition coefficient (Wildman–Crippen LogP) is 2.12. The minimum atomic E-state index is -0.0486. The minimum absolute atomic E-state index is 0.0486. The van der Waals surface area contributed by atoms with Gasteiger partial charge in [0.2, 0.25) is 0 Å². The van der Waals surface area contributed by atoms with Crippen LogP contribution in [-0.2, 0) is 4.74 Å². The van der Waals surface area contributed by atoms with Crippen molar-refractivity contribution in [1.82, 2.24) is 0 Å². The van der Waals surface area contributed by atoms with Gasteiger partial charge in [0, 0.05) is 12.5 Å². The molecular weight excluding hydrogens is 188 g/mol. The maximum absolute atomic E-state index is 5.92. The van der Waals surface area contributed by atoms with Gasteiger partial charge in [0.05, 0.1) is 14.7 Å². The van der Waals surface area contributed by atoms with Crippen LogP contribution in [0.1, 0.15) is 32.6 Å². The third-order valence-corrected chi connectivity index (χ3v) is 5.20.